The van der Waals surface area contributed by atoms with Crippen LogP contribution in [0.5, 0.6) is 5.75 Å². The van der Waals surface area contributed by atoms with E-state index in [1.54, 1.807) is 12.1 Å². The molecule has 0 fully saturated rings. The van der Waals surface area contributed by atoms with Crippen LogP contribution in [0, 0.1) is 9.39 Å². The Morgan fingerprint density at radius 2 is 2.05 bits per heavy atom. The lowest BCUT2D eigenvalue weighted by atomic mass is 10.2. The number of nitrogens with one attached hydrogen (secondary N) is 1. The summed E-state index contributed by atoms with van der Waals surface area (Å²) in [6.45, 7) is 0. The van der Waals surface area contributed by atoms with Crippen LogP contribution in [0.15, 0.2) is 40.9 Å². The molecule has 0 saturated carbocycles. The molecule has 0 aromatic heterocycles. The van der Waals surface area contributed by atoms with Gasteiger partial charge in [0.2, 0.25) is 0 Å². The number of anilines is 1. The van der Waals surface area contributed by atoms with Crippen LogP contribution in [0.25, 0.3) is 0 Å². The molecule has 1 N–H and O–H groups in total. The molecular weight excluding hydrogens is 440 g/mol. The van der Waals surface area contributed by atoms with Gasteiger partial charge < -0.3 is 10.1 Å². The highest BCUT2D eigenvalue weighted by molar-refractivity contribution is 14.1. The number of ether oxygens (including phenoxy) is 1. The summed E-state index contributed by atoms with van der Waals surface area (Å²) in [5.74, 6) is -0.424. The van der Waals surface area contributed by atoms with Crippen molar-refractivity contribution in [3.8, 4) is 5.75 Å². The maximum absolute atomic E-state index is 13.7. The smallest absolute Gasteiger partial charge is 0.256 e. The van der Waals surface area contributed by atoms with Crippen LogP contribution in [0.4, 0.5) is 10.1 Å². The van der Waals surface area contributed by atoms with Gasteiger partial charge in [0.1, 0.15) is 11.6 Å². The second kappa shape index (κ2) is 6.53. The van der Waals surface area contributed by atoms with E-state index in [-0.39, 0.29) is 11.6 Å². The highest BCUT2D eigenvalue weighted by Gasteiger charge is 2.13. The van der Waals surface area contributed by atoms with Crippen LogP contribution in [0.2, 0.25) is 0 Å². The van der Waals surface area contributed by atoms with E-state index in [2.05, 4.69) is 43.8 Å². The highest BCUT2D eigenvalue weighted by atomic mass is 127. The van der Waals surface area contributed by atoms with Crippen molar-refractivity contribution < 1.29 is 13.9 Å². The molecule has 0 aliphatic rings. The normalized spacial score (nSPS) is 10.2. The van der Waals surface area contributed by atoms with Gasteiger partial charge in [0, 0.05) is 14.1 Å². The third-order valence-electron chi connectivity index (χ3n) is 2.59. The van der Waals surface area contributed by atoms with Gasteiger partial charge in [0.05, 0.1) is 18.4 Å². The van der Waals surface area contributed by atoms with Crippen molar-refractivity contribution in [1.82, 2.24) is 0 Å². The summed E-state index contributed by atoms with van der Waals surface area (Å²) in [5.41, 5.74) is 0.527. The molecule has 0 aliphatic heterocycles. The van der Waals surface area contributed by atoms with E-state index >= 15 is 0 Å². The number of carbonyl (C=O) groups is 1. The van der Waals surface area contributed by atoms with Crippen molar-refractivity contribution in [3.63, 3.8) is 0 Å². The van der Waals surface area contributed by atoms with Crippen LogP contribution in [-0.4, -0.2) is 13.0 Å². The molecule has 0 radical (unpaired) electrons. The SMILES string of the molecule is COc1ccc(F)c(NC(=O)c2cc(I)ccc2Br)c1. The summed E-state index contributed by atoms with van der Waals surface area (Å²) < 4.78 is 20.3. The van der Waals surface area contributed by atoms with Crippen molar-refractivity contribution in [2.45, 2.75) is 0 Å². The number of hydrogen-bond acceptors (Lipinski definition) is 2. The summed E-state index contributed by atoms with van der Waals surface area (Å²) in [6, 6.07) is 9.55. The van der Waals surface area contributed by atoms with Crippen molar-refractivity contribution >= 4 is 50.1 Å². The summed E-state index contributed by atoms with van der Waals surface area (Å²) in [5, 5.41) is 2.54. The van der Waals surface area contributed by atoms with E-state index in [1.165, 1.54) is 25.3 Å². The van der Waals surface area contributed by atoms with Crippen LogP contribution in [-0.2, 0) is 0 Å². The molecule has 104 valence electrons. The summed E-state index contributed by atoms with van der Waals surface area (Å²) in [7, 11) is 1.48. The highest BCUT2D eigenvalue weighted by Crippen LogP contribution is 2.24. The predicted octanol–water partition coefficient (Wildman–Crippen LogP) is 4.45. The Hall–Kier alpha value is -1.15. The second-order valence-electron chi connectivity index (χ2n) is 3.92. The Balaban J connectivity index is 2.30. The fraction of sp³-hybridized carbons (Fsp3) is 0.0714. The largest absolute Gasteiger partial charge is 0.497 e. The molecule has 0 atom stereocenters. The summed E-state index contributed by atoms with van der Waals surface area (Å²) in [4.78, 5) is 12.2. The van der Waals surface area contributed by atoms with Gasteiger partial charge in [-0.15, -0.1) is 0 Å². The molecule has 2 rings (SSSR count). The minimum Gasteiger partial charge on any atom is -0.497 e. The third-order valence-corrected chi connectivity index (χ3v) is 3.96. The third kappa shape index (κ3) is 3.49. The van der Waals surface area contributed by atoms with Gasteiger partial charge in [-0.05, 0) is 68.9 Å². The minimum absolute atomic E-state index is 0.0834. The first-order valence-electron chi connectivity index (χ1n) is 5.61. The number of amides is 1. The Morgan fingerprint density at radius 1 is 1.30 bits per heavy atom. The zero-order valence-electron chi connectivity index (χ0n) is 10.4. The first kappa shape index (κ1) is 15.2. The fourth-order valence-corrected chi connectivity index (χ4v) is 2.51. The average molecular weight is 450 g/mol. The second-order valence-corrected chi connectivity index (χ2v) is 6.02. The average Bonchev–Trinajstić information content (AvgIpc) is 2.43. The van der Waals surface area contributed by atoms with Gasteiger partial charge in [-0.2, -0.15) is 0 Å². The van der Waals surface area contributed by atoms with Crippen LogP contribution in [0.3, 0.4) is 0 Å². The van der Waals surface area contributed by atoms with E-state index < -0.39 is 5.82 Å². The Morgan fingerprint density at radius 3 is 2.75 bits per heavy atom. The molecule has 3 nitrogen and oxygen atoms in total. The molecule has 2 aromatic rings. The van der Waals surface area contributed by atoms with E-state index in [1.807, 2.05) is 6.07 Å². The van der Waals surface area contributed by atoms with Crippen LogP contribution in [0.1, 0.15) is 10.4 Å². The topological polar surface area (TPSA) is 38.3 Å². The van der Waals surface area contributed by atoms with Crippen LogP contribution >= 0.6 is 38.5 Å². The Labute approximate surface area is 137 Å². The summed E-state index contributed by atoms with van der Waals surface area (Å²) >= 11 is 5.42. The molecule has 0 bridgehead atoms. The number of methoxy groups -OCH3 is 1. The summed E-state index contributed by atoms with van der Waals surface area (Å²) in [6.07, 6.45) is 0. The molecule has 0 saturated heterocycles. The van der Waals surface area contributed by atoms with Crippen molar-refractivity contribution in [3.05, 3.63) is 55.8 Å². The lowest BCUT2D eigenvalue weighted by molar-refractivity contribution is 0.102. The minimum atomic E-state index is -0.513. The molecule has 0 spiro atoms. The fourth-order valence-electron chi connectivity index (χ4n) is 1.59. The number of hydrogen-bond donors (Lipinski definition) is 1. The molecule has 0 heterocycles. The van der Waals surface area contributed by atoms with Gasteiger partial charge in [0.25, 0.3) is 5.91 Å². The first-order chi connectivity index (χ1) is 9.51. The maximum atomic E-state index is 13.7. The van der Waals surface area contributed by atoms with Crippen molar-refractivity contribution in [2.75, 3.05) is 12.4 Å². The maximum Gasteiger partial charge on any atom is 0.256 e. The standard InChI is InChI=1S/C14H10BrFINO2/c1-20-9-3-5-12(16)13(7-9)18-14(19)10-6-8(17)2-4-11(10)15/h2-7H,1H3,(H,18,19). The molecule has 0 aliphatic carbocycles. The van der Waals surface area contributed by atoms with E-state index in [9.17, 15) is 9.18 Å². The Kier molecular flexibility index (Phi) is 4.98. The number of rotatable bonds is 3. The lowest BCUT2D eigenvalue weighted by Crippen LogP contribution is -2.14. The zero-order chi connectivity index (χ0) is 14.7. The monoisotopic (exact) mass is 449 g/mol. The lowest BCUT2D eigenvalue weighted by Gasteiger charge is -2.09. The van der Waals surface area contributed by atoms with E-state index in [0.717, 1.165) is 3.57 Å². The van der Waals surface area contributed by atoms with E-state index in [0.29, 0.717) is 15.8 Å². The van der Waals surface area contributed by atoms with E-state index in [4.69, 9.17) is 4.74 Å². The van der Waals surface area contributed by atoms with Gasteiger partial charge >= 0.3 is 0 Å². The Bertz CT molecular complexity index is 664. The number of halogens is 3. The molecule has 20 heavy (non-hydrogen) atoms. The quantitative estimate of drug-likeness (QED) is 0.703. The van der Waals surface area contributed by atoms with Gasteiger partial charge in [0.15, 0.2) is 0 Å². The molecule has 0 unspecified atom stereocenters. The van der Waals surface area contributed by atoms with Gasteiger partial charge in [-0.3, -0.25) is 4.79 Å². The molecule has 2 aromatic carbocycles. The van der Waals surface area contributed by atoms with Gasteiger partial charge in [-0.1, -0.05) is 0 Å². The zero-order valence-corrected chi connectivity index (χ0v) is 14.2. The molecular formula is C14H10BrFINO2. The predicted molar refractivity (Wildman–Crippen MR) is 87.8 cm³/mol. The first-order valence-corrected chi connectivity index (χ1v) is 7.48. The van der Waals surface area contributed by atoms with Crippen LogP contribution < -0.4 is 10.1 Å². The molecule has 6 heteroatoms. The number of carbonyl (C=O) groups excluding carboxylic acids is 1. The molecule has 1 amide bonds. The van der Waals surface area contributed by atoms with Crippen molar-refractivity contribution in [1.29, 1.82) is 0 Å². The number of benzene rings is 2. The van der Waals surface area contributed by atoms with Crippen molar-refractivity contribution in [2.24, 2.45) is 0 Å². The van der Waals surface area contributed by atoms with Gasteiger partial charge in [-0.25, -0.2) is 4.39 Å².